The summed E-state index contributed by atoms with van der Waals surface area (Å²) < 4.78 is 5.30. The number of ether oxygens (including phenoxy) is 1. The molecule has 0 saturated carbocycles. The zero-order valence-electron chi connectivity index (χ0n) is 15.3. The molecule has 0 aliphatic heterocycles. The third-order valence-electron chi connectivity index (χ3n) is 4.26. The lowest BCUT2D eigenvalue weighted by molar-refractivity contribution is 0.0681. The fourth-order valence-corrected chi connectivity index (χ4v) is 3.03. The van der Waals surface area contributed by atoms with E-state index in [0.29, 0.717) is 33.1 Å². The minimum absolute atomic E-state index is 0.127. The molecule has 6 nitrogen and oxygen atoms in total. The van der Waals surface area contributed by atoms with Crippen LogP contribution in [0, 0.1) is 0 Å². The molecule has 3 rings (SSSR count). The van der Waals surface area contributed by atoms with E-state index in [9.17, 15) is 9.59 Å². The summed E-state index contributed by atoms with van der Waals surface area (Å²) in [5.41, 5.74) is 0.724. The number of benzene rings is 2. The molecule has 1 aromatic heterocycles. The summed E-state index contributed by atoms with van der Waals surface area (Å²) >= 11 is 6.06. The molecule has 1 amide bonds. The molecule has 2 aromatic carbocycles. The Labute approximate surface area is 161 Å². The van der Waals surface area contributed by atoms with Crippen LogP contribution >= 0.6 is 11.6 Å². The summed E-state index contributed by atoms with van der Waals surface area (Å²) in [6, 6.07) is 11.9. The van der Waals surface area contributed by atoms with E-state index in [4.69, 9.17) is 16.3 Å². The van der Waals surface area contributed by atoms with E-state index in [1.54, 1.807) is 41.3 Å². The van der Waals surface area contributed by atoms with Crippen molar-refractivity contribution in [3.8, 4) is 5.75 Å². The van der Waals surface area contributed by atoms with E-state index >= 15 is 0 Å². The van der Waals surface area contributed by atoms with Gasteiger partial charge >= 0.3 is 0 Å². The summed E-state index contributed by atoms with van der Waals surface area (Å²) in [7, 11) is 1.50. The van der Waals surface area contributed by atoms with Crippen LogP contribution in [-0.4, -0.2) is 33.9 Å². The third-order valence-corrected chi connectivity index (χ3v) is 4.49. The van der Waals surface area contributed by atoms with E-state index in [2.05, 4.69) is 9.97 Å². The molecule has 3 aromatic rings. The van der Waals surface area contributed by atoms with Gasteiger partial charge in [-0.25, -0.2) is 4.98 Å². The van der Waals surface area contributed by atoms with Crippen LogP contribution in [0.5, 0.6) is 5.75 Å². The van der Waals surface area contributed by atoms with Crippen LogP contribution in [-0.2, 0) is 6.54 Å². The van der Waals surface area contributed by atoms with Gasteiger partial charge in [-0.2, -0.15) is 0 Å². The van der Waals surface area contributed by atoms with Crippen molar-refractivity contribution in [1.29, 1.82) is 0 Å². The van der Waals surface area contributed by atoms with Crippen molar-refractivity contribution in [2.75, 3.05) is 7.11 Å². The van der Waals surface area contributed by atoms with Gasteiger partial charge in [0.15, 0.2) is 0 Å². The number of halogens is 1. The normalized spacial score (nSPS) is 11.0. The number of carbonyl (C=O) groups is 1. The molecular weight excluding hydrogens is 366 g/mol. The number of aromatic amines is 1. The highest BCUT2D eigenvalue weighted by molar-refractivity contribution is 6.31. The number of carbonyl (C=O) groups excluding carboxylic acids is 1. The number of amides is 1. The lowest BCUT2D eigenvalue weighted by atomic mass is 10.1. The molecule has 27 heavy (non-hydrogen) atoms. The molecule has 140 valence electrons. The first kappa shape index (κ1) is 18.9. The zero-order valence-corrected chi connectivity index (χ0v) is 16.1. The average molecular weight is 386 g/mol. The molecule has 1 heterocycles. The van der Waals surface area contributed by atoms with Gasteiger partial charge in [-0.15, -0.1) is 0 Å². The predicted octanol–water partition coefficient (Wildman–Crippen LogP) is 3.64. The molecular formula is C20H20ClN3O3. The van der Waals surface area contributed by atoms with Crippen LogP contribution in [0.1, 0.15) is 30.0 Å². The van der Waals surface area contributed by atoms with Gasteiger partial charge in [-0.05, 0) is 44.2 Å². The number of fused-ring (bicyclic) bond motifs is 1. The van der Waals surface area contributed by atoms with Crippen LogP contribution < -0.4 is 10.3 Å². The fourth-order valence-electron chi connectivity index (χ4n) is 2.86. The molecule has 0 aliphatic carbocycles. The molecule has 0 fully saturated rings. The molecule has 1 N–H and O–H groups in total. The number of nitrogens with zero attached hydrogens (tertiary/aromatic N) is 2. The largest absolute Gasteiger partial charge is 0.496 e. The van der Waals surface area contributed by atoms with Crippen molar-refractivity contribution in [2.45, 2.75) is 26.4 Å². The van der Waals surface area contributed by atoms with E-state index in [1.807, 2.05) is 19.9 Å². The summed E-state index contributed by atoms with van der Waals surface area (Å²) in [5, 5.41) is 0.959. The second-order valence-corrected chi connectivity index (χ2v) is 6.84. The van der Waals surface area contributed by atoms with Crippen molar-refractivity contribution < 1.29 is 9.53 Å². The van der Waals surface area contributed by atoms with Crippen molar-refractivity contribution in [3.63, 3.8) is 0 Å². The topological polar surface area (TPSA) is 75.3 Å². The Morgan fingerprint density at radius 1 is 1.26 bits per heavy atom. The first-order chi connectivity index (χ1) is 12.9. The Bertz CT molecular complexity index is 1050. The van der Waals surface area contributed by atoms with Crippen LogP contribution in [0.3, 0.4) is 0 Å². The molecule has 0 saturated heterocycles. The van der Waals surface area contributed by atoms with Crippen molar-refractivity contribution >= 4 is 28.4 Å². The maximum absolute atomic E-state index is 13.1. The van der Waals surface area contributed by atoms with Crippen molar-refractivity contribution in [1.82, 2.24) is 14.9 Å². The quantitative estimate of drug-likeness (QED) is 0.727. The van der Waals surface area contributed by atoms with Crippen LogP contribution in [0.25, 0.3) is 10.9 Å². The van der Waals surface area contributed by atoms with Gasteiger partial charge in [-0.3, -0.25) is 9.59 Å². The van der Waals surface area contributed by atoms with Gasteiger partial charge in [0, 0.05) is 11.1 Å². The van der Waals surface area contributed by atoms with Gasteiger partial charge < -0.3 is 14.6 Å². The first-order valence-corrected chi connectivity index (χ1v) is 8.91. The van der Waals surface area contributed by atoms with Crippen molar-refractivity contribution in [3.05, 3.63) is 69.2 Å². The molecule has 7 heteroatoms. The molecule has 0 radical (unpaired) electrons. The molecule has 0 spiro atoms. The molecule has 0 bridgehead atoms. The second-order valence-electron chi connectivity index (χ2n) is 6.40. The smallest absolute Gasteiger partial charge is 0.258 e. The van der Waals surface area contributed by atoms with Crippen LogP contribution in [0.4, 0.5) is 0 Å². The minimum Gasteiger partial charge on any atom is -0.496 e. The number of hydrogen-bond acceptors (Lipinski definition) is 4. The minimum atomic E-state index is -0.250. The average Bonchev–Trinajstić information content (AvgIpc) is 2.65. The number of para-hydroxylation sites is 1. The van der Waals surface area contributed by atoms with Crippen LogP contribution in [0.15, 0.2) is 47.3 Å². The standard InChI is InChI=1S/C20H20ClN3O3/c1-12(2)24(20(26)15-10-13(21)8-9-17(15)27-3)11-18-22-16-7-5-4-6-14(16)19(25)23-18/h4-10,12H,11H2,1-3H3,(H,22,23,25). The summed E-state index contributed by atoms with van der Waals surface area (Å²) in [5.74, 6) is 0.608. The van der Waals surface area contributed by atoms with Crippen LogP contribution in [0.2, 0.25) is 5.02 Å². The zero-order chi connectivity index (χ0) is 19.6. The fraction of sp³-hybridized carbons (Fsp3) is 0.250. The summed E-state index contributed by atoms with van der Waals surface area (Å²) in [6.45, 7) is 3.95. The number of aromatic nitrogens is 2. The van der Waals surface area contributed by atoms with Gasteiger partial charge in [0.25, 0.3) is 11.5 Å². The number of H-pyrrole nitrogens is 1. The number of nitrogens with one attached hydrogen (secondary N) is 1. The SMILES string of the molecule is COc1ccc(Cl)cc1C(=O)N(Cc1nc2ccccc2c(=O)[nH]1)C(C)C. The van der Waals surface area contributed by atoms with Gasteiger partial charge in [0.2, 0.25) is 0 Å². The number of methoxy groups -OCH3 is 1. The first-order valence-electron chi connectivity index (χ1n) is 8.53. The maximum Gasteiger partial charge on any atom is 0.258 e. The molecule has 0 unspecified atom stereocenters. The number of rotatable bonds is 5. The van der Waals surface area contributed by atoms with Gasteiger partial charge in [0.1, 0.15) is 11.6 Å². The predicted molar refractivity (Wildman–Crippen MR) is 105 cm³/mol. The Balaban J connectivity index is 1.99. The Hall–Kier alpha value is -2.86. The van der Waals surface area contributed by atoms with Crippen molar-refractivity contribution in [2.24, 2.45) is 0 Å². The Kier molecular flexibility index (Phi) is 5.46. The second kappa shape index (κ2) is 7.80. The highest BCUT2D eigenvalue weighted by Crippen LogP contribution is 2.25. The summed E-state index contributed by atoms with van der Waals surface area (Å²) in [4.78, 5) is 34.3. The Morgan fingerprint density at radius 2 is 2.00 bits per heavy atom. The summed E-state index contributed by atoms with van der Waals surface area (Å²) in [6.07, 6.45) is 0. The molecule has 0 atom stereocenters. The Morgan fingerprint density at radius 3 is 2.70 bits per heavy atom. The monoisotopic (exact) mass is 385 g/mol. The van der Waals surface area contributed by atoms with E-state index < -0.39 is 0 Å². The third kappa shape index (κ3) is 3.95. The number of hydrogen-bond donors (Lipinski definition) is 1. The molecule has 0 aliphatic rings. The highest BCUT2D eigenvalue weighted by Gasteiger charge is 2.23. The van der Waals surface area contributed by atoms with E-state index in [1.165, 1.54) is 7.11 Å². The van der Waals surface area contributed by atoms with E-state index in [0.717, 1.165) is 0 Å². The van der Waals surface area contributed by atoms with Gasteiger partial charge in [0.05, 0.1) is 30.1 Å². The lowest BCUT2D eigenvalue weighted by Gasteiger charge is -2.27. The van der Waals surface area contributed by atoms with Gasteiger partial charge in [-0.1, -0.05) is 23.7 Å². The maximum atomic E-state index is 13.1. The highest BCUT2D eigenvalue weighted by atomic mass is 35.5. The lowest BCUT2D eigenvalue weighted by Crippen LogP contribution is -2.37. The van der Waals surface area contributed by atoms with E-state index in [-0.39, 0.29) is 24.1 Å².